The molecule has 0 aliphatic carbocycles. The molecule has 3 heterocycles. The van der Waals surface area contributed by atoms with Gasteiger partial charge in [0.25, 0.3) is 5.91 Å². The van der Waals surface area contributed by atoms with Gasteiger partial charge in [0.05, 0.1) is 0 Å². The van der Waals surface area contributed by atoms with Crippen LogP contribution in [0.2, 0.25) is 0 Å². The standard InChI is InChI=1S/C19H23N5O2/c1-11-5-4-6-14-12(2)16(26-15(11)14)18(25)22-19-21-17(23-24(19)3)13-7-9-20-10-8-13/h4-6,13,20H,7-10H2,1-3H3,(H,21,22,23,25). The molecule has 0 radical (unpaired) electrons. The second-order valence-electron chi connectivity index (χ2n) is 6.90. The van der Waals surface area contributed by atoms with E-state index in [0.29, 0.717) is 17.6 Å². The summed E-state index contributed by atoms with van der Waals surface area (Å²) in [6, 6.07) is 5.91. The van der Waals surface area contributed by atoms with Gasteiger partial charge in [0, 0.05) is 23.9 Å². The summed E-state index contributed by atoms with van der Waals surface area (Å²) in [6.07, 6.45) is 2.03. The van der Waals surface area contributed by atoms with Crippen LogP contribution in [0.3, 0.4) is 0 Å². The first kappa shape index (κ1) is 16.8. The second kappa shape index (κ2) is 6.57. The van der Waals surface area contributed by atoms with Crippen LogP contribution >= 0.6 is 0 Å². The van der Waals surface area contributed by atoms with Crippen molar-refractivity contribution in [3.8, 4) is 0 Å². The van der Waals surface area contributed by atoms with E-state index in [1.807, 2.05) is 32.0 Å². The molecule has 1 amide bonds. The van der Waals surface area contributed by atoms with Crippen molar-refractivity contribution in [2.45, 2.75) is 32.6 Å². The maximum atomic E-state index is 12.8. The predicted molar refractivity (Wildman–Crippen MR) is 99.5 cm³/mol. The van der Waals surface area contributed by atoms with Crippen LogP contribution in [-0.2, 0) is 7.05 Å². The van der Waals surface area contributed by atoms with E-state index in [2.05, 4.69) is 20.7 Å². The number of carbonyl (C=O) groups excluding carboxylic acids is 1. The Bertz CT molecular complexity index is 966. The molecule has 2 aromatic heterocycles. The lowest BCUT2D eigenvalue weighted by Crippen LogP contribution is -2.27. The maximum Gasteiger partial charge on any atom is 0.294 e. The van der Waals surface area contributed by atoms with E-state index in [9.17, 15) is 4.79 Å². The van der Waals surface area contributed by atoms with E-state index in [4.69, 9.17) is 4.42 Å². The van der Waals surface area contributed by atoms with Gasteiger partial charge in [-0.05, 0) is 45.3 Å². The molecule has 0 atom stereocenters. The Kier molecular flexibility index (Phi) is 4.24. The summed E-state index contributed by atoms with van der Waals surface area (Å²) in [6.45, 7) is 5.82. The highest BCUT2D eigenvalue weighted by Gasteiger charge is 2.23. The molecule has 3 aromatic rings. The molecule has 26 heavy (non-hydrogen) atoms. The van der Waals surface area contributed by atoms with Gasteiger partial charge in [-0.15, -0.1) is 0 Å². The minimum absolute atomic E-state index is 0.300. The van der Waals surface area contributed by atoms with Crippen LogP contribution in [0.1, 0.15) is 46.3 Å². The van der Waals surface area contributed by atoms with E-state index in [0.717, 1.165) is 53.9 Å². The summed E-state index contributed by atoms with van der Waals surface area (Å²) in [5.74, 6) is 1.59. The van der Waals surface area contributed by atoms with Crippen LogP contribution in [-0.4, -0.2) is 33.8 Å². The topological polar surface area (TPSA) is 85.0 Å². The van der Waals surface area contributed by atoms with Gasteiger partial charge in [-0.1, -0.05) is 18.2 Å². The molecule has 7 nitrogen and oxygen atoms in total. The minimum atomic E-state index is -0.300. The van der Waals surface area contributed by atoms with Gasteiger partial charge in [-0.2, -0.15) is 10.1 Å². The van der Waals surface area contributed by atoms with E-state index in [-0.39, 0.29) is 5.91 Å². The van der Waals surface area contributed by atoms with Crippen LogP contribution in [0, 0.1) is 13.8 Å². The predicted octanol–water partition coefficient (Wildman–Crippen LogP) is 2.90. The Balaban J connectivity index is 1.60. The number of furan rings is 1. The van der Waals surface area contributed by atoms with E-state index in [1.54, 1.807) is 11.7 Å². The number of para-hydroxylation sites is 1. The van der Waals surface area contributed by atoms with Gasteiger partial charge in [0.1, 0.15) is 5.58 Å². The highest BCUT2D eigenvalue weighted by molar-refractivity contribution is 6.06. The van der Waals surface area contributed by atoms with Crippen LogP contribution in [0.5, 0.6) is 0 Å². The zero-order valence-corrected chi connectivity index (χ0v) is 15.3. The van der Waals surface area contributed by atoms with Crippen molar-refractivity contribution in [3.63, 3.8) is 0 Å². The first-order valence-corrected chi connectivity index (χ1v) is 8.96. The summed E-state index contributed by atoms with van der Waals surface area (Å²) < 4.78 is 7.47. The third-order valence-corrected chi connectivity index (χ3v) is 5.08. The Morgan fingerprint density at radius 2 is 2.08 bits per heavy atom. The summed E-state index contributed by atoms with van der Waals surface area (Å²) in [7, 11) is 1.79. The highest BCUT2D eigenvalue weighted by atomic mass is 16.3. The summed E-state index contributed by atoms with van der Waals surface area (Å²) in [4.78, 5) is 17.3. The number of hydrogen-bond acceptors (Lipinski definition) is 5. The van der Waals surface area contributed by atoms with E-state index < -0.39 is 0 Å². The molecule has 1 saturated heterocycles. The van der Waals surface area contributed by atoms with Crippen molar-refractivity contribution in [2.75, 3.05) is 18.4 Å². The zero-order valence-electron chi connectivity index (χ0n) is 15.3. The van der Waals surface area contributed by atoms with Crippen LogP contribution in [0.25, 0.3) is 11.0 Å². The Morgan fingerprint density at radius 1 is 1.31 bits per heavy atom. The number of nitrogens with one attached hydrogen (secondary N) is 2. The Labute approximate surface area is 151 Å². The monoisotopic (exact) mass is 353 g/mol. The number of fused-ring (bicyclic) bond motifs is 1. The molecule has 1 fully saturated rings. The minimum Gasteiger partial charge on any atom is -0.450 e. The van der Waals surface area contributed by atoms with Gasteiger partial charge in [0.2, 0.25) is 5.95 Å². The molecule has 136 valence electrons. The molecular formula is C19H23N5O2. The SMILES string of the molecule is Cc1c(C(=O)Nc2nc(C3CCNCC3)nn2C)oc2c(C)cccc12. The molecule has 2 N–H and O–H groups in total. The molecule has 0 saturated carbocycles. The Morgan fingerprint density at radius 3 is 2.81 bits per heavy atom. The lowest BCUT2D eigenvalue weighted by Gasteiger charge is -2.19. The number of nitrogens with zero attached hydrogens (tertiary/aromatic N) is 3. The molecule has 0 unspecified atom stereocenters. The van der Waals surface area contributed by atoms with E-state index in [1.165, 1.54) is 0 Å². The summed E-state index contributed by atoms with van der Waals surface area (Å²) in [5.41, 5.74) is 2.60. The van der Waals surface area contributed by atoms with Gasteiger partial charge in [0.15, 0.2) is 11.6 Å². The fourth-order valence-corrected chi connectivity index (χ4v) is 3.53. The van der Waals surface area contributed by atoms with E-state index >= 15 is 0 Å². The van der Waals surface area contributed by atoms with Crippen LogP contribution in [0.15, 0.2) is 22.6 Å². The molecular weight excluding hydrogens is 330 g/mol. The van der Waals surface area contributed by atoms with Crippen molar-refractivity contribution in [1.29, 1.82) is 0 Å². The number of carbonyl (C=O) groups is 1. The number of hydrogen-bond donors (Lipinski definition) is 2. The first-order chi connectivity index (χ1) is 12.5. The number of aromatic nitrogens is 3. The molecule has 1 aliphatic heterocycles. The lowest BCUT2D eigenvalue weighted by atomic mass is 9.98. The maximum absolute atomic E-state index is 12.8. The summed E-state index contributed by atoms with van der Waals surface area (Å²) in [5, 5.41) is 11.6. The van der Waals surface area contributed by atoms with Crippen molar-refractivity contribution in [1.82, 2.24) is 20.1 Å². The second-order valence-corrected chi connectivity index (χ2v) is 6.90. The van der Waals surface area contributed by atoms with Crippen molar-refractivity contribution in [3.05, 3.63) is 40.9 Å². The highest BCUT2D eigenvalue weighted by Crippen LogP contribution is 2.28. The fraction of sp³-hybridized carbons (Fsp3) is 0.421. The average molecular weight is 353 g/mol. The number of anilines is 1. The third-order valence-electron chi connectivity index (χ3n) is 5.08. The van der Waals surface area contributed by atoms with Crippen molar-refractivity contribution >= 4 is 22.8 Å². The van der Waals surface area contributed by atoms with Gasteiger partial charge < -0.3 is 9.73 Å². The Hall–Kier alpha value is -2.67. The van der Waals surface area contributed by atoms with Crippen LogP contribution in [0.4, 0.5) is 5.95 Å². The van der Waals surface area contributed by atoms with Gasteiger partial charge in [-0.25, -0.2) is 4.68 Å². The quantitative estimate of drug-likeness (QED) is 0.756. The summed E-state index contributed by atoms with van der Waals surface area (Å²) >= 11 is 0. The molecule has 7 heteroatoms. The van der Waals surface area contributed by atoms with Crippen LogP contribution < -0.4 is 10.6 Å². The zero-order chi connectivity index (χ0) is 18.3. The third kappa shape index (κ3) is 2.88. The first-order valence-electron chi connectivity index (χ1n) is 8.96. The number of amides is 1. The van der Waals surface area contributed by atoms with Crippen molar-refractivity contribution in [2.24, 2.45) is 7.05 Å². The number of rotatable bonds is 3. The number of piperidine rings is 1. The molecule has 0 bridgehead atoms. The fourth-order valence-electron chi connectivity index (χ4n) is 3.53. The largest absolute Gasteiger partial charge is 0.450 e. The van der Waals surface area contributed by atoms with Gasteiger partial charge >= 0.3 is 0 Å². The molecule has 4 rings (SSSR count). The molecule has 0 spiro atoms. The molecule has 1 aromatic carbocycles. The molecule has 1 aliphatic rings. The smallest absolute Gasteiger partial charge is 0.294 e. The van der Waals surface area contributed by atoms with Gasteiger partial charge in [-0.3, -0.25) is 10.1 Å². The van der Waals surface area contributed by atoms with Crippen molar-refractivity contribution < 1.29 is 9.21 Å². The number of aryl methyl sites for hydroxylation is 3. The normalized spacial score (nSPS) is 15.5. The average Bonchev–Trinajstić information content (AvgIpc) is 3.18. The number of benzene rings is 1. The lowest BCUT2D eigenvalue weighted by molar-refractivity contribution is 0.0996.